The molecule has 0 N–H and O–H groups in total. The Labute approximate surface area is 414 Å². The van der Waals surface area contributed by atoms with Gasteiger partial charge in [-0.15, -0.1) is 53.6 Å². The molecule has 0 aliphatic carbocycles. The van der Waals surface area contributed by atoms with Gasteiger partial charge in [-0.25, -0.2) is 4.98 Å². The second-order valence-corrected chi connectivity index (χ2v) is 22.9. The fraction of sp³-hybridized carbons (Fsp3) is 0.311. The van der Waals surface area contributed by atoms with Gasteiger partial charge in [0, 0.05) is 66.8 Å². The zero-order valence-electron chi connectivity index (χ0n) is 41.8. The van der Waals surface area contributed by atoms with Crippen molar-refractivity contribution in [3.63, 3.8) is 0 Å². The van der Waals surface area contributed by atoms with E-state index in [1.165, 1.54) is 27.8 Å². The van der Waals surface area contributed by atoms with Crippen molar-refractivity contribution in [3.05, 3.63) is 186 Å². The molecule has 0 amide bonds. The quantitative estimate of drug-likeness (QED) is 0.149. The summed E-state index contributed by atoms with van der Waals surface area (Å²) in [5.41, 5.74) is 13.2. The van der Waals surface area contributed by atoms with Crippen LogP contribution in [0.2, 0.25) is 0 Å². The average molecular weight is 1070 g/mol. The summed E-state index contributed by atoms with van der Waals surface area (Å²) in [6, 6.07) is 53.7. The number of benzene rings is 6. The zero-order valence-corrected chi connectivity index (χ0v) is 44.1. The Morgan fingerprint density at radius 1 is 0.478 bits per heavy atom. The summed E-state index contributed by atoms with van der Waals surface area (Å²) < 4.78 is 9.15. The Kier molecular flexibility index (Phi) is 12.2. The van der Waals surface area contributed by atoms with Gasteiger partial charge in [-0.05, 0) is 97.3 Å². The molecule has 1 aliphatic heterocycles. The molecule has 0 fully saturated rings. The van der Waals surface area contributed by atoms with Crippen LogP contribution in [-0.4, -0.2) is 9.55 Å². The van der Waals surface area contributed by atoms with Crippen LogP contribution in [0, 0.1) is 18.8 Å². The van der Waals surface area contributed by atoms with Gasteiger partial charge in [-0.2, -0.15) is 6.07 Å². The Hall–Kier alpha value is -5.64. The topological polar surface area (TPSA) is 33.5 Å². The Morgan fingerprint density at radius 2 is 1.10 bits per heavy atom. The summed E-state index contributed by atoms with van der Waals surface area (Å²) in [6.07, 6.45) is 1.93. The number of rotatable bonds is 7. The van der Waals surface area contributed by atoms with Crippen LogP contribution in [-0.2, 0) is 48.1 Å². The minimum atomic E-state index is -0.230. The number of ether oxygens (including phenoxy) is 1. The van der Waals surface area contributed by atoms with Crippen LogP contribution in [0.1, 0.15) is 130 Å². The summed E-state index contributed by atoms with van der Waals surface area (Å²) in [6.45, 7) is 34.2. The molecule has 348 valence electrons. The summed E-state index contributed by atoms with van der Waals surface area (Å²) in [7, 11) is 0. The van der Waals surface area contributed by atoms with Crippen LogP contribution in [0.4, 0.5) is 22.7 Å². The molecule has 3 heterocycles. The SMILES string of the molecule is CC(C)(C)c1cc(Oc2[c-]c3c(cc2)c2ccccc2n3-c2cc(C(C)(C)c3ccccc3)ccn2)[c-]c(N2[CH-]N(c3cc(C(C)(C)C)cc(C(C)(C)C)c3)c3ccc(C(C)(C)C)cc32)c1.[Pt]. The molecular formula is C61H65N4OPt-3. The van der Waals surface area contributed by atoms with Crippen molar-refractivity contribution in [2.75, 3.05) is 9.80 Å². The molecule has 0 radical (unpaired) electrons. The standard InChI is InChI=1S/C61H65N4O.Pt/c1-57(2,3)41-24-27-53-55(35-41)64(39-63(53)46-31-43(58(4,5)6)30-44(32-46)59(7,8)9)47-33-45(60(10,11)12)34-49(37-47)66-48-25-26-51-50-22-18-19-23-52(50)65(54(51)38-48)56-36-42(28-29-62-56)61(13,14)40-20-16-15-17-21-40;/h15-36,39H,1-14H3;/q-3;. The van der Waals surface area contributed by atoms with Gasteiger partial charge in [-0.1, -0.05) is 163 Å². The van der Waals surface area contributed by atoms with Gasteiger partial charge >= 0.3 is 0 Å². The van der Waals surface area contributed by atoms with Gasteiger partial charge in [0.2, 0.25) is 0 Å². The van der Waals surface area contributed by atoms with Gasteiger partial charge in [0.25, 0.3) is 0 Å². The third kappa shape index (κ3) is 9.21. The van der Waals surface area contributed by atoms with Crippen molar-refractivity contribution >= 4 is 44.6 Å². The van der Waals surface area contributed by atoms with E-state index in [9.17, 15) is 0 Å². The maximum Gasteiger partial charge on any atom is 0.135 e. The fourth-order valence-electron chi connectivity index (χ4n) is 9.03. The first-order valence-corrected chi connectivity index (χ1v) is 23.4. The Balaban J connectivity index is 0.00000608. The predicted octanol–water partition coefficient (Wildman–Crippen LogP) is 16.5. The normalized spacial score (nSPS) is 13.6. The van der Waals surface area contributed by atoms with Gasteiger partial charge < -0.3 is 19.1 Å². The molecule has 2 aromatic heterocycles. The molecule has 1 aliphatic rings. The van der Waals surface area contributed by atoms with E-state index in [-0.39, 0.29) is 48.1 Å². The van der Waals surface area contributed by atoms with Gasteiger partial charge in [-0.3, -0.25) is 0 Å². The minimum absolute atomic E-state index is 0. The summed E-state index contributed by atoms with van der Waals surface area (Å²) >= 11 is 0. The van der Waals surface area contributed by atoms with E-state index >= 15 is 0 Å². The molecule has 6 heteroatoms. The molecule has 0 atom stereocenters. The van der Waals surface area contributed by atoms with E-state index in [2.05, 4.69) is 251 Å². The number of para-hydroxylation sites is 1. The van der Waals surface area contributed by atoms with Gasteiger partial charge in [0.1, 0.15) is 5.82 Å². The third-order valence-electron chi connectivity index (χ3n) is 13.4. The maximum absolute atomic E-state index is 6.93. The van der Waals surface area contributed by atoms with Crippen LogP contribution in [0.5, 0.6) is 11.5 Å². The van der Waals surface area contributed by atoms with Gasteiger partial charge in [0.05, 0.1) is 0 Å². The van der Waals surface area contributed by atoms with Crippen LogP contribution >= 0.6 is 0 Å². The molecule has 0 unspecified atom stereocenters. The second kappa shape index (κ2) is 17.1. The summed E-state index contributed by atoms with van der Waals surface area (Å²) in [4.78, 5) is 9.64. The van der Waals surface area contributed by atoms with E-state index in [4.69, 9.17) is 9.72 Å². The molecule has 0 bridgehead atoms. The van der Waals surface area contributed by atoms with E-state index < -0.39 is 0 Å². The molecular weight excluding hydrogens is 1000 g/mol. The summed E-state index contributed by atoms with van der Waals surface area (Å²) in [5, 5.41) is 2.22. The van der Waals surface area contributed by atoms with Gasteiger partial charge in [0.15, 0.2) is 0 Å². The molecule has 0 saturated carbocycles. The van der Waals surface area contributed by atoms with Crippen LogP contribution in [0.15, 0.2) is 134 Å². The van der Waals surface area contributed by atoms with Crippen molar-refractivity contribution in [1.82, 2.24) is 9.55 Å². The fourth-order valence-corrected chi connectivity index (χ4v) is 9.03. The summed E-state index contributed by atoms with van der Waals surface area (Å²) in [5.74, 6) is 2.08. The molecule has 67 heavy (non-hydrogen) atoms. The van der Waals surface area contributed by atoms with E-state index in [0.29, 0.717) is 11.5 Å². The third-order valence-corrected chi connectivity index (χ3v) is 13.4. The van der Waals surface area contributed by atoms with E-state index in [0.717, 1.165) is 55.9 Å². The van der Waals surface area contributed by atoms with E-state index in [1.807, 2.05) is 12.3 Å². The molecule has 6 aromatic carbocycles. The molecule has 0 saturated heterocycles. The molecule has 8 aromatic rings. The number of hydrogen-bond acceptors (Lipinski definition) is 4. The predicted molar refractivity (Wildman–Crippen MR) is 278 cm³/mol. The second-order valence-electron chi connectivity index (χ2n) is 22.9. The number of pyridine rings is 1. The van der Waals surface area contributed by atoms with Crippen molar-refractivity contribution in [2.24, 2.45) is 0 Å². The Bertz CT molecular complexity index is 3080. The van der Waals surface area contributed by atoms with Crippen LogP contribution in [0.3, 0.4) is 0 Å². The number of aromatic nitrogens is 2. The first-order chi connectivity index (χ1) is 31.0. The first kappa shape index (κ1) is 47.8. The van der Waals surface area contributed by atoms with Crippen LogP contribution < -0.4 is 14.5 Å². The monoisotopic (exact) mass is 1060 g/mol. The molecule has 0 spiro atoms. The van der Waals surface area contributed by atoms with Crippen molar-refractivity contribution in [1.29, 1.82) is 0 Å². The Morgan fingerprint density at radius 3 is 1.76 bits per heavy atom. The van der Waals surface area contributed by atoms with Crippen molar-refractivity contribution < 1.29 is 25.8 Å². The number of anilines is 4. The average Bonchev–Trinajstić information content (AvgIpc) is 3.81. The molecule has 5 nitrogen and oxygen atoms in total. The first-order valence-electron chi connectivity index (χ1n) is 23.4. The zero-order chi connectivity index (χ0) is 47.1. The van der Waals surface area contributed by atoms with E-state index in [1.54, 1.807) is 0 Å². The number of nitrogens with zero attached hydrogens (tertiary/aromatic N) is 4. The van der Waals surface area contributed by atoms with Crippen molar-refractivity contribution in [3.8, 4) is 17.3 Å². The number of hydrogen-bond donors (Lipinski definition) is 0. The smallest absolute Gasteiger partial charge is 0.135 e. The van der Waals surface area contributed by atoms with Crippen molar-refractivity contribution in [2.45, 2.75) is 124 Å². The van der Waals surface area contributed by atoms with Crippen LogP contribution in [0.25, 0.3) is 27.6 Å². The largest absolute Gasteiger partial charge is 0.509 e. The maximum atomic E-state index is 6.93. The molecule has 9 rings (SSSR count). The number of fused-ring (bicyclic) bond motifs is 4. The minimum Gasteiger partial charge on any atom is -0.509 e.